The zero-order valence-electron chi connectivity index (χ0n) is 10.9. The molecule has 92 valence electrons. The van der Waals surface area contributed by atoms with Crippen molar-refractivity contribution in [2.45, 2.75) is 53.0 Å². The molecule has 0 radical (unpaired) electrons. The average Bonchev–Trinajstić information content (AvgIpc) is 2.68. The van der Waals surface area contributed by atoms with E-state index < -0.39 is 0 Å². The first kappa shape index (κ1) is 13.7. The van der Waals surface area contributed by atoms with Gasteiger partial charge in [0.15, 0.2) is 0 Å². The molecule has 2 nitrogen and oxygen atoms in total. The minimum absolute atomic E-state index is 0.356. The number of nitrogens with zero attached hydrogens (tertiary/aromatic N) is 1. The number of nitrogens with one attached hydrogen (secondary N) is 1. The summed E-state index contributed by atoms with van der Waals surface area (Å²) in [7, 11) is 0. The summed E-state index contributed by atoms with van der Waals surface area (Å²) in [6.07, 6.45) is 5.49. The van der Waals surface area contributed by atoms with E-state index in [0.29, 0.717) is 11.5 Å². The lowest BCUT2D eigenvalue weighted by Gasteiger charge is -2.28. The fourth-order valence-corrected chi connectivity index (χ4v) is 2.07. The van der Waals surface area contributed by atoms with E-state index in [0.717, 1.165) is 13.0 Å². The quantitative estimate of drug-likeness (QED) is 0.770. The maximum absolute atomic E-state index is 4.29. The van der Waals surface area contributed by atoms with Crippen molar-refractivity contribution in [3.05, 3.63) is 16.6 Å². The lowest BCUT2D eigenvalue weighted by molar-refractivity contribution is 0.285. The summed E-state index contributed by atoms with van der Waals surface area (Å²) in [5.74, 6) is 0. The van der Waals surface area contributed by atoms with Gasteiger partial charge in [0.2, 0.25) is 0 Å². The highest BCUT2D eigenvalue weighted by molar-refractivity contribution is 7.09. The number of unbranched alkanes of at least 4 members (excludes halogenated alkanes) is 1. The van der Waals surface area contributed by atoms with Gasteiger partial charge in [-0.3, -0.25) is 0 Å². The number of hydrogen-bond donors (Lipinski definition) is 1. The van der Waals surface area contributed by atoms with Crippen molar-refractivity contribution in [3.8, 4) is 0 Å². The van der Waals surface area contributed by atoms with Gasteiger partial charge in [-0.25, -0.2) is 4.98 Å². The Bertz CT molecular complexity index is 275. The zero-order chi connectivity index (χ0) is 12.0. The highest BCUT2D eigenvalue weighted by Gasteiger charge is 2.18. The van der Waals surface area contributed by atoms with Crippen molar-refractivity contribution in [2.75, 3.05) is 6.54 Å². The van der Waals surface area contributed by atoms with Crippen molar-refractivity contribution in [1.82, 2.24) is 10.3 Å². The molecule has 1 unspecified atom stereocenters. The summed E-state index contributed by atoms with van der Waals surface area (Å²) in [5.41, 5.74) is 0.356. The van der Waals surface area contributed by atoms with Crippen molar-refractivity contribution >= 4 is 11.3 Å². The minimum atomic E-state index is 0.356. The molecular weight excluding hydrogens is 216 g/mol. The molecule has 16 heavy (non-hydrogen) atoms. The topological polar surface area (TPSA) is 24.9 Å². The molecule has 1 rings (SSSR count). The molecule has 0 aliphatic heterocycles. The number of aryl methyl sites for hydroxylation is 1. The maximum Gasteiger partial charge on any atom is 0.0924 e. The molecule has 1 atom stereocenters. The van der Waals surface area contributed by atoms with Gasteiger partial charge in [0.1, 0.15) is 0 Å². The third-order valence-corrected chi connectivity index (χ3v) is 3.89. The van der Waals surface area contributed by atoms with Gasteiger partial charge in [-0.2, -0.15) is 0 Å². The van der Waals surface area contributed by atoms with Gasteiger partial charge in [-0.15, -0.1) is 11.3 Å². The molecule has 1 aromatic heterocycles. The minimum Gasteiger partial charge on any atom is -0.314 e. The van der Waals surface area contributed by atoms with Crippen molar-refractivity contribution in [1.29, 1.82) is 0 Å². The highest BCUT2D eigenvalue weighted by Crippen LogP contribution is 2.18. The van der Waals surface area contributed by atoms with Crippen LogP contribution in [-0.4, -0.2) is 17.6 Å². The Morgan fingerprint density at radius 3 is 2.69 bits per heavy atom. The first-order chi connectivity index (χ1) is 7.50. The molecule has 0 aliphatic carbocycles. The van der Waals surface area contributed by atoms with Crippen molar-refractivity contribution in [3.63, 3.8) is 0 Å². The molecule has 0 spiro atoms. The van der Waals surface area contributed by atoms with Gasteiger partial charge in [0, 0.05) is 17.6 Å². The van der Waals surface area contributed by atoms with Gasteiger partial charge in [-0.05, 0) is 38.1 Å². The summed E-state index contributed by atoms with van der Waals surface area (Å²) < 4.78 is 0. The molecule has 0 amide bonds. The van der Waals surface area contributed by atoms with Crippen LogP contribution >= 0.6 is 11.3 Å². The van der Waals surface area contributed by atoms with E-state index in [9.17, 15) is 0 Å². The Labute approximate surface area is 103 Å². The Morgan fingerprint density at radius 2 is 2.12 bits per heavy atom. The highest BCUT2D eigenvalue weighted by atomic mass is 32.1. The molecule has 0 saturated heterocycles. The molecule has 0 aliphatic rings. The fraction of sp³-hybridized carbons (Fsp3) is 0.769. The second-order valence-corrected chi connectivity index (χ2v) is 6.40. The van der Waals surface area contributed by atoms with E-state index in [2.05, 4.69) is 43.4 Å². The predicted octanol–water partition coefficient (Wildman–Crippen LogP) is 3.49. The number of rotatable bonds is 6. The number of thiazole rings is 1. The normalized spacial score (nSPS) is 14.0. The van der Waals surface area contributed by atoms with E-state index in [-0.39, 0.29) is 0 Å². The summed E-state index contributed by atoms with van der Waals surface area (Å²) in [4.78, 5) is 4.29. The largest absolute Gasteiger partial charge is 0.314 e. The van der Waals surface area contributed by atoms with Crippen LogP contribution in [0.3, 0.4) is 0 Å². The number of hydrogen-bond acceptors (Lipinski definition) is 3. The molecule has 0 aromatic carbocycles. The Morgan fingerprint density at radius 1 is 1.38 bits per heavy atom. The maximum atomic E-state index is 4.29. The predicted molar refractivity (Wildman–Crippen MR) is 72.0 cm³/mol. The van der Waals surface area contributed by atoms with E-state index in [4.69, 9.17) is 0 Å². The Kier molecular flexibility index (Phi) is 5.42. The molecule has 0 saturated carbocycles. The van der Waals surface area contributed by atoms with Crippen LogP contribution in [0.25, 0.3) is 0 Å². The lowest BCUT2D eigenvalue weighted by atomic mass is 9.88. The van der Waals surface area contributed by atoms with Crippen molar-refractivity contribution in [2.24, 2.45) is 5.41 Å². The van der Waals surface area contributed by atoms with Gasteiger partial charge in [0.05, 0.1) is 5.01 Å². The van der Waals surface area contributed by atoms with Gasteiger partial charge >= 0.3 is 0 Å². The van der Waals surface area contributed by atoms with E-state index in [1.54, 1.807) is 11.3 Å². The van der Waals surface area contributed by atoms with Crippen LogP contribution in [0, 0.1) is 5.41 Å². The average molecular weight is 240 g/mol. The molecule has 1 heterocycles. The monoisotopic (exact) mass is 240 g/mol. The summed E-state index contributed by atoms with van der Waals surface area (Å²) in [6.45, 7) is 10.2. The second kappa shape index (κ2) is 6.36. The smallest absolute Gasteiger partial charge is 0.0924 e. The molecule has 1 aromatic rings. The SMILES string of the molecule is CC(NCCCCc1nccs1)C(C)(C)C. The first-order valence-electron chi connectivity index (χ1n) is 6.12. The molecular formula is C13H24N2S. The van der Waals surface area contributed by atoms with E-state index in [1.807, 2.05) is 6.20 Å². The van der Waals surface area contributed by atoms with Gasteiger partial charge < -0.3 is 5.32 Å². The third kappa shape index (κ3) is 5.08. The van der Waals surface area contributed by atoms with Crippen LogP contribution in [0.4, 0.5) is 0 Å². The van der Waals surface area contributed by atoms with Crippen LogP contribution in [-0.2, 0) is 6.42 Å². The van der Waals surface area contributed by atoms with Gasteiger partial charge in [-0.1, -0.05) is 20.8 Å². The standard InChI is InChI=1S/C13H24N2S/c1-11(13(2,3)4)14-8-6-5-7-12-15-9-10-16-12/h9-11,14H,5-8H2,1-4H3. The molecule has 0 fully saturated rings. The Balaban J connectivity index is 2.04. The van der Waals surface area contributed by atoms with E-state index in [1.165, 1.54) is 17.8 Å². The van der Waals surface area contributed by atoms with Crippen LogP contribution in [0.2, 0.25) is 0 Å². The fourth-order valence-electron chi connectivity index (χ4n) is 1.40. The number of aromatic nitrogens is 1. The third-order valence-electron chi connectivity index (χ3n) is 3.05. The summed E-state index contributed by atoms with van der Waals surface area (Å²) >= 11 is 1.76. The second-order valence-electron chi connectivity index (χ2n) is 5.42. The molecule has 1 N–H and O–H groups in total. The van der Waals surface area contributed by atoms with E-state index >= 15 is 0 Å². The Hall–Kier alpha value is -0.410. The van der Waals surface area contributed by atoms with Crippen LogP contribution < -0.4 is 5.32 Å². The molecule has 0 bridgehead atoms. The lowest BCUT2D eigenvalue weighted by Crippen LogP contribution is -2.38. The summed E-state index contributed by atoms with van der Waals surface area (Å²) in [6, 6.07) is 0.576. The molecule has 3 heteroatoms. The zero-order valence-corrected chi connectivity index (χ0v) is 11.7. The first-order valence-corrected chi connectivity index (χ1v) is 7.00. The van der Waals surface area contributed by atoms with Crippen LogP contribution in [0.1, 0.15) is 45.5 Å². The van der Waals surface area contributed by atoms with Crippen molar-refractivity contribution < 1.29 is 0 Å². The van der Waals surface area contributed by atoms with Crippen LogP contribution in [0.15, 0.2) is 11.6 Å². The summed E-state index contributed by atoms with van der Waals surface area (Å²) in [5, 5.41) is 6.90. The van der Waals surface area contributed by atoms with Crippen LogP contribution in [0.5, 0.6) is 0 Å². The van der Waals surface area contributed by atoms with Gasteiger partial charge in [0.25, 0.3) is 0 Å².